The van der Waals surface area contributed by atoms with Gasteiger partial charge in [-0.1, -0.05) is 12.8 Å². The molecule has 2 N–H and O–H groups in total. The number of amides is 2. The van der Waals surface area contributed by atoms with Gasteiger partial charge in [0.05, 0.1) is 0 Å². The zero-order valence-corrected chi connectivity index (χ0v) is 7.89. The van der Waals surface area contributed by atoms with Crippen LogP contribution in [0.5, 0.6) is 0 Å². The summed E-state index contributed by atoms with van der Waals surface area (Å²) in [7, 11) is 0. The maximum Gasteiger partial charge on any atom is 0.315 e. The standard InChI is InChI=1S/C9H18N2O/c1-7(2)10-9(12)11-8-5-3-4-6-8/h7-8H,3-6H2,1-2H3,(H2,10,11,12). The Kier molecular flexibility index (Phi) is 3.38. The van der Waals surface area contributed by atoms with Gasteiger partial charge in [0.15, 0.2) is 0 Å². The first-order valence-corrected chi connectivity index (χ1v) is 4.75. The summed E-state index contributed by atoms with van der Waals surface area (Å²) in [6.07, 6.45) is 4.80. The molecule has 1 aliphatic carbocycles. The van der Waals surface area contributed by atoms with Crippen LogP contribution in [0, 0.1) is 0 Å². The molecule has 0 radical (unpaired) electrons. The molecule has 70 valence electrons. The molecule has 0 heterocycles. The molecule has 2 amide bonds. The van der Waals surface area contributed by atoms with Crippen LogP contribution in [-0.2, 0) is 0 Å². The van der Waals surface area contributed by atoms with E-state index in [4.69, 9.17) is 0 Å². The van der Waals surface area contributed by atoms with Gasteiger partial charge in [-0.2, -0.15) is 0 Å². The monoisotopic (exact) mass is 170 g/mol. The van der Waals surface area contributed by atoms with Crippen molar-refractivity contribution in [2.75, 3.05) is 0 Å². The highest BCUT2D eigenvalue weighted by Crippen LogP contribution is 2.17. The van der Waals surface area contributed by atoms with E-state index in [1.54, 1.807) is 0 Å². The minimum atomic E-state index is -0.0168. The fourth-order valence-electron chi connectivity index (χ4n) is 1.56. The van der Waals surface area contributed by atoms with Gasteiger partial charge in [-0.05, 0) is 26.7 Å². The van der Waals surface area contributed by atoms with Gasteiger partial charge in [0.25, 0.3) is 0 Å². The Balaban J connectivity index is 2.16. The topological polar surface area (TPSA) is 41.1 Å². The molecule has 1 rings (SSSR count). The van der Waals surface area contributed by atoms with Crippen LogP contribution in [0.15, 0.2) is 0 Å². The van der Waals surface area contributed by atoms with Gasteiger partial charge in [-0.3, -0.25) is 0 Å². The van der Waals surface area contributed by atoms with Crippen LogP contribution in [0.4, 0.5) is 4.79 Å². The Morgan fingerprint density at radius 1 is 1.33 bits per heavy atom. The van der Waals surface area contributed by atoms with Crippen molar-refractivity contribution in [1.82, 2.24) is 10.6 Å². The van der Waals surface area contributed by atoms with Crippen molar-refractivity contribution in [1.29, 1.82) is 0 Å². The molecular formula is C9H18N2O. The van der Waals surface area contributed by atoms with Gasteiger partial charge in [0.2, 0.25) is 0 Å². The first kappa shape index (κ1) is 9.36. The van der Waals surface area contributed by atoms with Crippen LogP contribution in [-0.4, -0.2) is 18.1 Å². The van der Waals surface area contributed by atoms with Crippen LogP contribution in [0.1, 0.15) is 39.5 Å². The fraction of sp³-hybridized carbons (Fsp3) is 0.889. The molecule has 0 aromatic carbocycles. The fourth-order valence-corrected chi connectivity index (χ4v) is 1.56. The summed E-state index contributed by atoms with van der Waals surface area (Å²) in [4.78, 5) is 11.2. The molecule has 0 aliphatic heterocycles. The number of hydrogen-bond donors (Lipinski definition) is 2. The number of carbonyl (C=O) groups is 1. The summed E-state index contributed by atoms with van der Waals surface area (Å²) in [6.45, 7) is 3.93. The lowest BCUT2D eigenvalue weighted by atomic mass is 10.2. The van der Waals surface area contributed by atoms with Crippen molar-refractivity contribution >= 4 is 6.03 Å². The summed E-state index contributed by atoms with van der Waals surface area (Å²) in [5, 5.41) is 5.78. The van der Waals surface area contributed by atoms with Gasteiger partial charge in [0.1, 0.15) is 0 Å². The normalized spacial score (nSPS) is 18.2. The van der Waals surface area contributed by atoms with E-state index in [0.29, 0.717) is 6.04 Å². The number of urea groups is 1. The molecule has 0 saturated heterocycles. The molecule has 1 aliphatic rings. The van der Waals surface area contributed by atoms with Crippen molar-refractivity contribution in [3.8, 4) is 0 Å². The number of carbonyl (C=O) groups excluding carboxylic acids is 1. The van der Waals surface area contributed by atoms with Crippen LogP contribution in [0.3, 0.4) is 0 Å². The van der Waals surface area contributed by atoms with Crippen molar-refractivity contribution in [3.05, 3.63) is 0 Å². The highest BCUT2D eigenvalue weighted by molar-refractivity contribution is 5.74. The third-order valence-corrected chi connectivity index (χ3v) is 2.11. The minimum absolute atomic E-state index is 0.0168. The molecule has 0 atom stereocenters. The minimum Gasteiger partial charge on any atom is -0.336 e. The lowest BCUT2D eigenvalue weighted by molar-refractivity contribution is 0.235. The quantitative estimate of drug-likeness (QED) is 0.650. The van der Waals surface area contributed by atoms with Crippen molar-refractivity contribution in [3.63, 3.8) is 0 Å². The van der Waals surface area contributed by atoms with E-state index in [0.717, 1.165) is 12.8 Å². The third-order valence-electron chi connectivity index (χ3n) is 2.11. The number of rotatable bonds is 2. The predicted octanol–water partition coefficient (Wildman–Crippen LogP) is 1.64. The van der Waals surface area contributed by atoms with E-state index in [9.17, 15) is 4.79 Å². The lowest BCUT2D eigenvalue weighted by Crippen LogP contribution is -2.43. The summed E-state index contributed by atoms with van der Waals surface area (Å²) in [5.74, 6) is 0. The van der Waals surface area contributed by atoms with Gasteiger partial charge in [-0.15, -0.1) is 0 Å². The first-order valence-electron chi connectivity index (χ1n) is 4.75. The van der Waals surface area contributed by atoms with Crippen LogP contribution < -0.4 is 10.6 Å². The molecule has 0 aromatic heterocycles. The van der Waals surface area contributed by atoms with Crippen molar-refractivity contribution < 1.29 is 4.79 Å². The van der Waals surface area contributed by atoms with Gasteiger partial charge >= 0.3 is 6.03 Å². The second kappa shape index (κ2) is 4.33. The van der Waals surface area contributed by atoms with Crippen molar-refractivity contribution in [2.45, 2.75) is 51.6 Å². The van der Waals surface area contributed by atoms with E-state index < -0.39 is 0 Å². The molecule has 12 heavy (non-hydrogen) atoms. The summed E-state index contributed by atoms with van der Waals surface area (Å²) >= 11 is 0. The number of hydrogen-bond acceptors (Lipinski definition) is 1. The van der Waals surface area contributed by atoms with Crippen LogP contribution >= 0.6 is 0 Å². The average Bonchev–Trinajstić information content (AvgIpc) is 2.37. The average molecular weight is 170 g/mol. The smallest absolute Gasteiger partial charge is 0.315 e. The van der Waals surface area contributed by atoms with E-state index >= 15 is 0 Å². The second-order valence-corrected chi connectivity index (χ2v) is 3.75. The zero-order valence-electron chi connectivity index (χ0n) is 7.89. The van der Waals surface area contributed by atoms with Gasteiger partial charge < -0.3 is 10.6 Å². The largest absolute Gasteiger partial charge is 0.336 e. The maximum absolute atomic E-state index is 11.2. The van der Waals surface area contributed by atoms with Gasteiger partial charge in [0, 0.05) is 12.1 Å². The van der Waals surface area contributed by atoms with Crippen LogP contribution in [0.25, 0.3) is 0 Å². The SMILES string of the molecule is CC(C)NC(=O)NC1CCCC1. The Bertz CT molecular complexity index is 151. The molecule has 0 aromatic rings. The Hall–Kier alpha value is -0.730. The third kappa shape index (κ3) is 3.11. The summed E-state index contributed by atoms with van der Waals surface area (Å²) in [6, 6.07) is 0.632. The van der Waals surface area contributed by atoms with Gasteiger partial charge in [-0.25, -0.2) is 4.79 Å². The molecule has 0 bridgehead atoms. The maximum atomic E-state index is 11.2. The molecular weight excluding hydrogens is 152 g/mol. The van der Waals surface area contributed by atoms with E-state index in [-0.39, 0.29) is 12.1 Å². The van der Waals surface area contributed by atoms with Crippen LogP contribution in [0.2, 0.25) is 0 Å². The molecule has 3 heteroatoms. The Morgan fingerprint density at radius 3 is 2.42 bits per heavy atom. The zero-order chi connectivity index (χ0) is 8.97. The molecule has 0 unspecified atom stereocenters. The molecule has 1 fully saturated rings. The van der Waals surface area contributed by atoms with E-state index in [1.807, 2.05) is 13.8 Å². The Morgan fingerprint density at radius 2 is 1.92 bits per heavy atom. The highest BCUT2D eigenvalue weighted by atomic mass is 16.2. The molecule has 0 spiro atoms. The summed E-state index contributed by atoms with van der Waals surface area (Å²) in [5.41, 5.74) is 0. The lowest BCUT2D eigenvalue weighted by Gasteiger charge is -2.14. The molecule has 1 saturated carbocycles. The van der Waals surface area contributed by atoms with Crippen molar-refractivity contribution in [2.24, 2.45) is 0 Å². The highest BCUT2D eigenvalue weighted by Gasteiger charge is 2.16. The van der Waals surface area contributed by atoms with E-state index in [2.05, 4.69) is 10.6 Å². The Labute approximate surface area is 73.9 Å². The van der Waals surface area contributed by atoms with E-state index in [1.165, 1.54) is 12.8 Å². The first-order chi connectivity index (χ1) is 5.68. The second-order valence-electron chi connectivity index (χ2n) is 3.75. The summed E-state index contributed by atoms with van der Waals surface area (Å²) < 4.78 is 0. The number of nitrogens with one attached hydrogen (secondary N) is 2. The molecule has 3 nitrogen and oxygen atoms in total. The predicted molar refractivity (Wildman–Crippen MR) is 49.1 cm³/mol.